The molecule has 0 N–H and O–H groups in total. The zero-order chi connectivity index (χ0) is 17.1. The summed E-state index contributed by atoms with van der Waals surface area (Å²) >= 11 is 0. The highest BCUT2D eigenvalue weighted by Crippen LogP contribution is 2.18. The SMILES string of the molecule is O=C(c1ccccc1-n1cccn1)N1CCN(c2ccccn2)CC1. The van der Waals surface area contributed by atoms with Gasteiger partial charge in [-0.25, -0.2) is 9.67 Å². The number of carbonyl (C=O) groups excluding carboxylic acids is 1. The highest BCUT2D eigenvalue weighted by molar-refractivity contribution is 5.97. The lowest BCUT2D eigenvalue weighted by Gasteiger charge is -2.35. The van der Waals surface area contributed by atoms with E-state index in [1.54, 1.807) is 17.1 Å². The monoisotopic (exact) mass is 333 g/mol. The number of carbonyl (C=O) groups is 1. The molecule has 1 aliphatic heterocycles. The van der Waals surface area contributed by atoms with Crippen LogP contribution in [-0.4, -0.2) is 51.8 Å². The summed E-state index contributed by atoms with van der Waals surface area (Å²) in [6, 6.07) is 15.4. The molecule has 1 amide bonds. The number of benzene rings is 1. The van der Waals surface area contributed by atoms with E-state index in [2.05, 4.69) is 15.0 Å². The molecule has 1 aromatic carbocycles. The first kappa shape index (κ1) is 15.4. The minimum absolute atomic E-state index is 0.0479. The predicted molar refractivity (Wildman–Crippen MR) is 95.9 cm³/mol. The van der Waals surface area contributed by atoms with Gasteiger partial charge >= 0.3 is 0 Å². The first-order valence-electron chi connectivity index (χ1n) is 8.37. The van der Waals surface area contributed by atoms with Crippen LogP contribution in [0.4, 0.5) is 5.82 Å². The molecule has 2 aromatic heterocycles. The maximum atomic E-state index is 13.0. The molecule has 0 saturated carbocycles. The Morgan fingerprint density at radius 1 is 0.880 bits per heavy atom. The molecule has 0 aliphatic carbocycles. The maximum absolute atomic E-state index is 13.0. The highest BCUT2D eigenvalue weighted by Gasteiger charge is 2.24. The second kappa shape index (κ2) is 6.76. The van der Waals surface area contributed by atoms with E-state index in [1.807, 2.05) is 59.6 Å². The Kier molecular flexibility index (Phi) is 4.16. The number of para-hydroxylation sites is 1. The number of aromatic nitrogens is 3. The summed E-state index contributed by atoms with van der Waals surface area (Å²) in [7, 11) is 0. The smallest absolute Gasteiger partial charge is 0.256 e. The van der Waals surface area contributed by atoms with Gasteiger partial charge in [0.2, 0.25) is 0 Å². The van der Waals surface area contributed by atoms with Gasteiger partial charge in [0.15, 0.2) is 0 Å². The van der Waals surface area contributed by atoms with Crippen LogP contribution in [0.25, 0.3) is 5.69 Å². The fourth-order valence-corrected chi connectivity index (χ4v) is 3.12. The summed E-state index contributed by atoms with van der Waals surface area (Å²) in [6.45, 7) is 2.94. The fraction of sp³-hybridized carbons (Fsp3) is 0.211. The van der Waals surface area contributed by atoms with Crippen molar-refractivity contribution in [1.82, 2.24) is 19.7 Å². The molecule has 0 bridgehead atoms. The largest absolute Gasteiger partial charge is 0.353 e. The zero-order valence-electron chi connectivity index (χ0n) is 13.8. The summed E-state index contributed by atoms with van der Waals surface area (Å²) < 4.78 is 1.73. The van der Waals surface area contributed by atoms with Crippen LogP contribution in [0.1, 0.15) is 10.4 Å². The lowest BCUT2D eigenvalue weighted by molar-refractivity contribution is 0.0746. The molecule has 6 nitrogen and oxygen atoms in total. The van der Waals surface area contributed by atoms with Crippen molar-refractivity contribution in [3.05, 3.63) is 72.7 Å². The van der Waals surface area contributed by atoms with Crippen LogP contribution in [0.2, 0.25) is 0 Å². The van der Waals surface area contributed by atoms with Crippen LogP contribution in [0, 0.1) is 0 Å². The van der Waals surface area contributed by atoms with Gasteiger partial charge in [0.25, 0.3) is 5.91 Å². The van der Waals surface area contributed by atoms with E-state index in [4.69, 9.17) is 0 Å². The number of hydrogen-bond acceptors (Lipinski definition) is 4. The molecule has 1 aliphatic rings. The Labute approximate surface area is 146 Å². The molecule has 0 atom stereocenters. The Morgan fingerprint density at radius 3 is 2.40 bits per heavy atom. The third kappa shape index (κ3) is 3.10. The van der Waals surface area contributed by atoms with Crippen molar-refractivity contribution in [2.24, 2.45) is 0 Å². The summed E-state index contributed by atoms with van der Waals surface area (Å²) in [5.74, 6) is 1.01. The van der Waals surface area contributed by atoms with E-state index in [9.17, 15) is 4.79 Å². The van der Waals surface area contributed by atoms with E-state index >= 15 is 0 Å². The van der Waals surface area contributed by atoms with Gasteiger partial charge < -0.3 is 9.80 Å². The van der Waals surface area contributed by atoms with Crippen molar-refractivity contribution in [2.45, 2.75) is 0 Å². The third-order valence-corrected chi connectivity index (χ3v) is 4.43. The lowest BCUT2D eigenvalue weighted by atomic mass is 10.1. The van der Waals surface area contributed by atoms with Crippen molar-refractivity contribution >= 4 is 11.7 Å². The molecule has 0 unspecified atom stereocenters. The molecule has 4 rings (SSSR count). The minimum Gasteiger partial charge on any atom is -0.353 e. The standard InChI is InChI=1S/C19H19N5O/c25-19(16-6-1-2-7-17(16)24-11-5-10-21-24)23-14-12-22(13-15-23)18-8-3-4-9-20-18/h1-11H,12-15H2. The van der Waals surface area contributed by atoms with Crippen LogP contribution >= 0.6 is 0 Å². The van der Waals surface area contributed by atoms with E-state index < -0.39 is 0 Å². The highest BCUT2D eigenvalue weighted by atomic mass is 16.2. The molecule has 3 heterocycles. The average molecular weight is 333 g/mol. The molecule has 6 heteroatoms. The van der Waals surface area contributed by atoms with Gasteiger partial charge in [-0.05, 0) is 30.3 Å². The molecule has 0 spiro atoms. The molecule has 126 valence electrons. The van der Waals surface area contributed by atoms with Crippen LogP contribution < -0.4 is 4.90 Å². The molecular formula is C19H19N5O. The van der Waals surface area contributed by atoms with Gasteiger partial charge in [-0.1, -0.05) is 18.2 Å². The summed E-state index contributed by atoms with van der Waals surface area (Å²) in [5, 5.41) is 4.26. The fourth-order valence-electron chi connectivity index (χ4n) is 3.12. The Bertz CT molecular complexity index is 839. The number of amides is 1. The summed E-state index contributed by atoms with van der Waals surface area (Å²) in [5.41, 5.74) is 1.49. The quantitative estimate of drug-likeness (QED) is 0.737. The van der Waals surface area contributed by atoms with Gasteiger partial charge in [-0.2, -0.15) is 5.10 Å². The Morgan fingerprint density at radius 2 is 1.68 bits per heavy atom. The van der Waals surface area contributed by atoms with Crippen molar-refractivity contribution in [3.63, 3.8) is 0 Å². The molecule has 25 heavy (non-hydrogen) atoms. The maximum Gasteiger partial charge on any atom is 0.256 e. The molecular weight excluding hydrogens is 314 g/mol. The van der Waals surface area contributed by atoms with Gasteiger partial charge in [-0.3, -0.25) is 4.79 Å². The number of nitrogens with zero attached hydrogens (tertiary/aromatic N) is 5. The Balaban J connectivity index is 1.50. The van der Waals surface area contributed by atoms with Gasteiger partial charge in [0.1, 0.15) is 5.82 Å². The normalized spacial score (nSPS) is 14.6. The first-order valence-corrected chi connectivity index (χ1v) is 8.37. The molecule has 1 fully saturated rings. The molecule has 1 saturated heterocycles. The Hall–Kier alpha value is -3.15. The number of anilines is 1. The van der Waals surface area contributed by atoms with Gasteiger partial charge in [-0.15, -0.1) is 0 Å². The average Bonchev–Trinajstić information content (AvgIpc) is 3.23. The number of pyridine rings is 1. The second-order valence-corrected chi connectivity index (χ2v) is 5.93. The minimum atomic E-state index is 0.0479. The number of piperazine rings is 1. The predicted octanol–water partition coefficient (Wildman–Crippen LogP) is 2.23. The number of hydrogen-bond donors (Lipinski definition) is 0. The van der Waals surface area contributed by atoms with Crippen LogP contribution in [0.3, 0.4) is 0 Å². The molecule has 3 aromatic rings. The van der Waals surface area contributed by atoms with Crippen LogP contribution in [-0.2, 0) is 0 Å². The van der Waals surface area contributed by atoms with Crippen molar-refractivity contribution in [2.75, 3.05) is 31.1 Å². The van der Waals surface area contributed by atoms with Crippen LogP contribution in [0.5, 0.6) is 0 Å². The van der Waals surface area contributed by atoms with Gasteiger partial charge in [0.05, 0.1) is 11.3 Å². The van der Waals surface area contributed by atoms with Gasteiger partial charge in [0, 0.05) is 44.8 Å². The first-order chi connectivity index (χ1) is 12.3. The zero-order valence-corrected chi connectivity index (χ0v) is 13.8. The van der Waals surface area contributed by atoms with Crippen molar-refractivity contribution in [1.29, 1.82) is 0 Å². The summed E-state index contributed by atoms with van der Waals surface area (Å²) in [4.78, 5) is 21.5. The second-order valence-electron chi connectivity index (χ2n) is 5.93. The van der Waals surface area contributed by atoms with Crippen LogP contribution in [0.15, 0.2) is 67.1 Å². The van der Waals surface area contributed by atoms with Crippen molar-refractivity contribution in [3.8, 4) is 5.69 Å². The molecule has 0 radical (unpaired) electrons. The summed E-state index contributed by atoms with van der Waals surface area (Å²) in [6.07, 6.45) is 5.37. The van der Waals surface area contributed by atoms with E-state index in [-0.39, 0.29) is 5.91 Å². The number of rotatable bonds is 3. The lowest BCUT2D eigenvalue weighted by Crippen LogP contribution is -2.49. The topological polar surface area (TPSA) is 54.3 Å². The van der Waals surface area contributed by atoms with E-state index in [1.165, 1.54) is 0 Å². The third-order valence-electron chi connectivity index (χ3n) is 4.43. The van der Waals surface area contributed by atoms with E-state index in [0.29, 0.717) is 18.7 Å². The van der Waals surface area contributed by atoms with E-state index in [0.717, 1.165) is 24.6 Å². The van der Waals surface area contributed by atoms with Crippen molar-refractivity contribution < 1.29 is 4.79 Å².